The lowest BCUT2D eigenvalue weighted by Gasteiger charge is -2.10. The van der Waals surface area contributed by atoms with Gasteiger partial charge < -0.3 is 15.6 Å². The van der Waals surface area contributed by atoms with Crippen LogP contribution in [0.2, 0.25) is 0 Å². The van der Waals surface area contributed by atoms with Crippen LogP contribution in [-0.4, -0.2) is 16.1 Å². The van der Waals surface area contributed by atoms with Gasteiger partial charge in [-0.05, 0) is 30.7 Å². The Morgan fingerprint density at radius 2 is 2.16 bits per heavy atom. The summed E-state index contributed by atoms with van der Waals surface area (Å²) in [6, 6.07) is 6.90. The number of carbonyl (C=O) groups is 1. The van der Waals surface area contributed by atoms with Gasteiger partial charge in [0.15, 0.2) is 0 Å². The number of nitrogen functional groups attached to an aromatic ring is 1. The van der Waals surface area contributed by atoms with E-state index in [1.165, 1.54) is 12.3 Å². The predicted molar refractivity (Wildman–Crippen MR) is 74.6 cm³/mol. The Labute approximate surface area is 118 Å². The van der Waals surface area contributed by atoms with Gasteiger partial charge in [-0.3, -0.25) is 0 Å². The normalized spacial score (nSPS) is 10.2. The van der Waals surface area contributed by atoms with Crippen LogP contribution in [0.4, 0.5) is 5.69 Å². The molecule has 19 heavy (non-hydrogen) atoms. The Morgan fingerprint density at radius 3 is 2.79 bits per heavy atom. The van der Waals surface area contributed by atoms with Gasteiger partial charge in [-0.25, -0.2) is 9.78 Å². The fourth-order valence-corrected chi connectivity index (χ4v) is 1.80. The second-order valence-electron chi connectivity index (χ2n) is 3.94. The molecule has 6 heteroatoms. The van der Waals surface area contributed by atoms with Crippen LogP contribution in [0, 0.1) is 6.92 Å². The molecule has 0 atom stereocenters. The van der Waals surface area contributed by atoms with Gasteiger partial charge in [0.05, 0.1) is 11.3 Å². The van der Waals surface area contributed by atoms with Crippen LogP contribution in [0.3, 0.4) is 0 Å². The standard InChI is InChI=1S/C13H11BrN2O3/c1-7-2-3-9(14)5-11(7)19-12-10(15)4-8(6-16-12)13(17)18/h2-6H,15H2,1H3,(H,17,18). The number of aromatic nitrogens is 1. The first-order valence-electron chi connectivity index (χ1n) is 5.40. The molecule has 0 unspecified atom stereocenters. The van der Waals surface area contributed by atoms with Crippen LogP contribution in [0.5, 0.6) is 11.6 Å². The number of pyridine rings is 1. The summed E-state index contributed by atoms with van der Waals surface area (Å²) in [5.74, 6) is -0.285. The summed E-state index contributed by atoms with van der Waals surface area (Å²) in [6.45, 7) is 1.89. The third kappa shape index (κ3) is 3.03. The molecule has 2 rings (SSSR count). The van der Waals surface area contributed by atoms with Crippen molar-refractivity contribution in [3.63, 3.8) is 0 Å². The minimum absolute atomic E-state index is 0.0239. The first kappa shape index (κ1) is 13.4. The summed E-state index contributed by atoms with van der Waals surface area (Å²) in [6.07, 6.45) is 1.21. The lowest BCUT2D eigenvalue weighted by molar-refractivity contribution is 0.0696. The number of carboxylic acids is 1. The number of nitrogens with two attached hydrogens (primary N) is 1. The molecule has 0 radical (unpaired) electrons. The Kier molecular flexibility index (Phi) is 3.71. The number of anilines is 1. The average Bonchev–Trinajstić information content (AvgIpc) is 2.36. The third-order valence-electron chi connectivity index (χ3n) is 2.48. The molecule has 0 fully saturated rings. The lowest BCUT2D eigenvalue weighted by Crippen LogP contribution is -2.02. The Bertz CT molecular complexity index is 644. The van der Waals surface area contributed by atoms with E-state index in [1.54, 1.807) is 6.07 Å². The van der Waals surface area contributed by atoms with Crippen LogP contribution in [-0.2, 0) is 0 Å². The van der Waals surface area contributed by atoms with E-state index in [9.17, 15) is 4.79 Å². The number of hydrogen-bond donors (Lipinski definition) is 2. The van der Waals surface area contributed by atoms with Crippen LogP contribution >= 0.6 is 15.9 Å². The molecule has 3 N–H and O–H groups in total. The van der Waals surface area contributed by atoms with E-state index in [1.807, 2.05) is 19.1 Å². The van der Waals surface area contributed by atoms with Crippen molar-refractivity contribution in [1.82, 2.24) is 4.98 Å². The number of ether oxygens (including phenoxy) is 1. The number of carboxylic acid groups (broad SMARTS) is 1. The second kappa shape index (κ2) is 5.27. The molecule has 0 aliphatic carbocycles. The molecule has 1 heterocycles. The highest BCUT2D eigenvalue weighted by molar-refractivity contribution is 9.10. The van der Waals surface area contributed by atoms with E-state index in [0.29, 0.717) is 5.75 Å². The molecule has 0 spiro atoms. The predicted octanol–water partition coefficient (Wildman–Crippen LogP) is 3.23. The van der Waals surface area contributed by atoms with Crippen molar-refractivity contribution in [3.8, 4) is 11.6 Å². The van der Waals surface area contributed by atoms with E-state index in [0.717, 1.165) is 10.0 Å². The third-order valence-corrected chi connectivity index (χ3v) is 2.98. The van der Waals surface area contributed by atoms with E-state index in [2.05, 4.69) is 20.9 Å². The first-order chi connectivity index (χ1) is 8.97. The van der Waals surface area contributed by atoms with E-state index in [-0.39, 0.29) is 17.1 Å². The summed E-state index contributed by atoms with van der Waals surface area (Å²) in [7, 11) is 0. The topological polar surface area (TPSA) is 85.4 Å². The molecule has 1 aromatic carbocycles. The summed E-state index contributed by atoms with van der Waals surface area (Å²) < 4.78 is 6.47. The zero-order valence-corrected chi connectivity index (χ0v) is 11.6. The maximum absolute atomic E-state index is 10.8. The fourth-order valence-electron chi connectivity index (χ4n) is 1.46. The number of halogens is 1. The molecule has 0 aliphatic heterocycles. The van der Waals surface area contributed by atoms with E-state index < -0.39 is 5.97 Å². The Balaban J connectivity index is 2.33. The smallest absolute Gasteiger partial charge is 0.337 e. The Morgan fingerprint density at radius 1 is 1.42 bits per heavy atom. The van der Waals surface area contributed by atoms with Gasteiger partial charge in [0.2, 0.25) is 5.88 Å². The zero-order valence-electron chi connectivity index (χ0n) is 10.1. The number of aromatic carboxylic acids is 1. The second-order valence-corrected chi connectivity index (χ2v) is 4.85. The van der Waals surface area contributed by atoms with Gasteiger partial charge in [0, 0.05) is 10.7 Å². The van der Waals surface area contributed by atoms with Gasteiger partial charge in [0.25, 0.3) is 0 Å². The summed E-state index contributed by atoms with van der Waals surface area (Å²) in [5, 5.41) is 8.83. The highest BCUT2D eigenvalue weighted by atomic mass is 79.9. The molecule has 0 amide bonds. The maximum atomic E-state index is 10.8. The van der Waals surface area contributed by atoms with Crippen molar-refractivity contribution < 1.29 is 14.6 Å². The molecule has 0 bridgehead atoms. The number of hydrogen-bond acceptors (Lipinski definition) is 4. The fraction of sp³-hybridized carbons (Fsp3) is 0.0769. The molecule has 0 saturated carbocycles. The largest absolute Gasteiger partial charge is 0.478 e. The van der Waals surface area contributed by atoms with Crippen molar-refractivity contribution in [3.05, 3.63) is 46.1 Å². The molecule has 5 nitrogen and oxygen atoms in total. The van der Waals surface area contributed by atoms with E-state index >= 15 is 0 Å². The summed E-state index contributed by atoms with van der Waals surface area (Å²) in [4.78, 5) is 14.7. The van der Waals surface area contributed by atoms with Gasteiger partial charge >= 0.3 is 5.97 Å². The van der Waals surface area contributed by atoms with Crippen molar-refractivity contribution in [2.75, 3.05) is 5.73 Å². The highest BCUT2D eigenvalue weighted by Gasteiger charge is 2.10. The van der Waals surface area contributed by atoms with Crippen LogP contribution < -0.4 is 10.5 Å². The zero-order chi connectivity index (χ0) is 14.0. The number of aryl methyl sites for hydroxylation is 1. The highest BCUT2D eigenvalue weighted by Crippen LogP contribution is 2.30. The number of benzene rings is 1. The van der Waals surface area contributed by atoms with Gasteiger partial charge in [-0.2, -0.15) is 0 Å². The monoisotopic (exact) mass is 322 g/mol. The maximum Gasteiger partial charge on any atom is 0.337 e. The quantitative estimate of drug-likeness (QED) is 0.906. The molecule has 0 saturated heterocycles. The van der Waals surface area contributed by atoms with Gasteiger partial charge in [0.1, 0.15) is 5.75 Å². The van der Waals surface area contributed by atoms with Gasteiger partial charge in [-0.15, -0.1) is 0 Å². The molecule has 1 aromatic heterocycles. The minimum atomic E-state index is -1.08. The van der Waals surface area contributed by atoms with Crippen LogP contribution in [0.25, 0.3) is 0 Å². The Hall–Kier alpha value is -2.08. The average molecular weight is 323 g/mol. The summed E-state index contributed by atoms with van der Waals surface area (Å²) in [5.41, 5.74) is 6.86. The lowest BCUT2D eigenvalue weighted by atomic mass is 10.2. The first-order valence-corrected chi connectivity index (χ1v) is 6.19. The summed E-state index contributed by atoms with van der Waals surface area (Å²) >= 11 is 3.35. The SMILES string of the molecule is Cc1ccc(Br)cc1Oc1ncc(C(=O)O)cc1N. The van der Waals surface area contributed by atoms with Gasteiger partial charge in [-0.1, -0.05) is 22.0 Å². The van der Waals surface area contributed by atoms with Crippen molar-refractivity contribution in [2.24, 2.45) is 0 Å². The van der Waals surface area contributed by atoms with Crippen molar-refractivity contribution in [1.29, 1.82) is 0 Å². The molecular weight excluding hydrogens is 312 g/mol. The molecular formula is C13H11BrN2O3. The van der Waals surface area contributed by atoms with Crippen LogP contribution in [0.1, 0.15) is 15.9 Å². The molecule has 2 aromatic rings. The van der Waals surface area contributed by atoms with E-state index in [4.69, 9.17) is 15.6 Å². The van der Waals surface area contributed by atoms with Crippen molar-refractivity contribution in [2.45, 2.75) is 6.92 Å². The molecule has 0 aliphatic rings. The van der Waals surface area contributed by atoms with Crippen LogP contribution in [0.15, 0.2) is 34.9 Å². The number of rotatable bonds is 3. The molecule has 98 valence electrons. The minimum Gasteiger partial charge on any atom is -0.478 e. The number of nitrogens with zero attached hydrogens (tertiary/aromatic N) is 1. The van der Waals surface area contributed by atoms with Crippen molar-refractivity contribution >= 4 is 27.6 Å².